The van der Waals surface area contributed by atoms with Crippen LogP contribution in [0.5, 0.6) is 0 Å². The van der Waals surface area contributed by atoms with Crippen LogP contribution in [-0.4, -0.2) is 46.5 Å². The maximum absolute atomic E-state index is 12.8. The van der Waals surface area contributed by atoms with Gasteiger partial charge in [-0.05, 0) is 49.3 Å². The summed E-state index contributed by atoms with van der Waals surface area (Å²) in [5.41, 5.74) is -0.225. The number of carbonyl (C=O) groups excluding carboxylic acids is 2. The first-order valence-electron chi connectivity index (χ1n) is 9.26. The second-order valence-corrected chi connectivity index (χ2v) is 8.28. The van der Waals surface area contributed by atoms with Gasteiger partial charge in [0.15, 0.2) is 11.4 Å². The minimum Gasteiger partial charge on any atom is -0.457 e. The van der Waals surface area contributed by atoms with E-state index in [0.717, 1.165) is 16.1 Å². The zero-order valence-corrected chi connectivity index (χ0v) is 17.8. The molecular weight excluding hydrogens is 364 g/mol. The standard InChI is InChI=1S/C21H32O5S/c1-7-18-15(4)9-13(2)8-14(3)10-17(27-6)11-21(25,12-22)19(23)16(5)20(24)26-18/h9-10,14,16,18,22,25H,2,7-8,11-12H2,1,3-6H3/b15-9+,17-10-/t14-,16+,18-,21?/m0/s1. The molecule has 0 amide bonds. The number of rotatable bonds is 3. The molecular formula is C21H32O5S. The van der Waals surface area contributed by atoms with E-state index in [1.807, 2.05) is 39.2 Å². The lowest BCUT2D eigenvalue weighted by molar-refractivity contribution is -0.161. The first kappa shape index (κ1) is 23.7. The van der Waals surface area contributed by atoms with Gasteiger partial charge in [-0.3, -0.25) is 9.59 Å². The number of ether oxygens (including phenoxy) is 1. The predicted molar refractivity (Wildman–Crippen MR) is 109 cm³/mol. The van der Waals surface area contributed by atoms with Crippen LogP contribution in [0.3, 0.4) is 0 Å². The maximum atomic E-state index is 12.8. The SMILES string of the molecule is C=C1/C=C(\C)[C@H](CC)OC(=O)[C@H](C)C(=O)C(O)(CO)C/C(SC)=C/[C@@H](C)C1. The highest BCUT2D eigenvalue weighted by Crippen LogP contribution is 2.30. The highest BCUT2D eigenvalue weighted by molar-refractivity contribution is 8.02. The fourth-order valence-corrected chi connectivity index (χ4v) is 3.97. The number of ketones is 1. The number of esters is 1. The zero-order chi connectivity index (χ0) is 20.8. The molecule has 152 valence electrons. The molecule has 0 bridgehead atoms. The van der Waals surface area contributed by atoms with Gasteiger partial charge in [-0.15, -0.1) is 11.8 Å². The number of hydrogen-bond acceptors (Lipinski definition) is 6. The Hall–Kier alpha value is -1.37. The summed E-state index contributed by atoms with van der Waals surface area (Å²) in [6.07, 6.45) is 6.55. The average Bonchev–Trinajstić information content (AvgIpc) is 2.62. The van der Waals surface area contributed by atoms with Crippen molar-refractivity contribution in [2.24, 2.45) is 11.8 Å². The quantitative estimate of drug-likeness (QED) is 0.562. The molecule has 0 aromatic heterocycles. The molecule has 1 heterocycles. The van der Waals surface area contributed by atoms with Gasteiger partial charge in [0.05, 0.1) is 6.61 Å². The molecule has 5 nitrogen and oxygen atoms in total. The van der Waals surface area contributed by atoms with Crippen LogP contribution >= 0.6 is 11.8 Å². The summed E-state index contributed by atoms with van der Waals surface area (Å²) < 4.78 is 5.52. The molecule has 6 heteroatoms. The van der Waals surface area contributed by atoms with Crippen LogP contribution in [0.2, 0.25) is 0 Å². The normalized spacial score (nSPS) is 35.5. The number of aliphatic hydroxyl groups excluding tert-OH is 1. The van der Waals surface area contributed by atoms with Crippen molar-refractivity contribution in [3.8, 4) is 0 Å². The minimum absolute atomic E-state index is 0.0377. The summed E-state index contributed by atoms with van der Waals surface area (Å²) in [6, 6.07) is 0. The van der Waals surface area contributed by atoms with Crippen molar-refractivity contribution in [2.75, 3.05) is 12.9 Å². The van der Waals surface area contributed by atoms with E-state index in [-0.39, 0.29) is 12.3 Å². The Morgan fingerprint density at radius 3 is 2.52 bits per heavy atom. The van der Waals surface area contributed by atoms with Crippen LogP contribution < -0.4 is 0 Å². The van der Waals surface area contributed by atoms with Gasteiger partial charge in [-0.2, -0.15) is 0 Å². The average molecular weight is 397 g/mol. The molecule has 0 fully saturated rings. The molecule has 0 aromatic rings. The smallest absolute Gasteiger partial charge is 0.316 e. The number of hydrogen-bond donors (Lipinski definition) is 2. The molecule has 0 saturated heterocycles. The Labute approximate surface area is 166 Å². The van der Waals surface area contributed by atoms with Gasteiger partial charge in [-0.25, -0.2) is 0 Å². The van der Waals surface area contributed by atoms with Crippen LogP contribution in [0, 0.1) is 11.8 Å². The lowest BCUT2D eigenvalue weighted by Crippen LogP contribution is -2.48. The molecule has 1 unspecified atom stereocenters. The first-order valence-corrected chi connectivity index (χ1v) is 10.5. The van der Waals surface area contributed by atoms with E-state index in [2.05, 4.69) is 6.58 Å². The fourth-order valence-electron chi connectivity index (χ4n) is 3.22. The number of thioether (sulfide) groups is 1. The van der Waals surface area contributed by atoms with Crippen LogP contribution in [0.1, 0.15) is 47.0 Å². The maximum Gasteiger partial charge on any atom is 0.316 e. The number of cyclic esters (lactones) is 1. The predicted octanol–water partition coefficient (Wildman–Crippen LogP) is 3.42. The van der Waals surface area contributed by atoms with Crippen molar-refractivity contribution < 1.29 is 24.5 Å². The van der Waals surface area contributed by atoms with Gasteiger partial charge in [0.2, 0.25) is 0 Å². The van der Waals surface area contributed by atoms with Crippen LogP contribution in [0.4, 0.5) is 0 Å². The Balaban J connectivity index is 3.38. The largest absolute Gasteiger partial charge is 0.457 e. The monoisotopic (exact) mass is 396 g/mol. The molecule has 27 heavy (non-hydrogen) atoms. The van der Waals surface area contributed by atoms with Gasteiger partial charge in [-0.1, -0.05) is 38.2 Å². The highest BCUT2D eigenvalue weighted by atomic mass is 32.2. The zero-order valence-electron chi connectivity index (χ0n) is 16.9. The van der Waals surface area contributed by atoms with Crippen molar-refractivity contribution >= 4 is 23.5 Å². The third-order valence-electron chi connectivity index (χ3n) is 4.82. The van der Waals surface area contributed by atoms with Gasteiger partial charge in [0, 0.05) is 6.42 Å². The Kier molecular flexibility index (Phi) is 8.99. The molecule has 0 spiro atoms. The minimum atomic E-state index is -2.01. The molecule has 2 N–H and O–H groups in total. The Morgan fingerprint density at radius 2 is 2.00 bits per heavy atom. The van der Waals surface area contributed by atoms with Gasteiger partial charge in [0.25, 0.3) is 0 Å². The third-order valence-corrected chi connectivity index (χ3v) is 5.62. The van der Waals surface area contributed by atoms with Crippen molar-refractivity contribution in [1.82, 2.24) is 0 Å². The van der Waals surface area contributed by atoms with E-state index in [1.165, 1.54) is 18.7 Å². The molecule has 1 rings (SSSR count). The Morgan fingerprint density at radius 1 is 1.37 bits per heavy atom. The van der Waals surface area contributed by atoms with E-state index in [4.69, 9.17) is 4.74 Å². The molecule has 0 aromatic carbocycles. The number of Topliss-reactive ketones (excluding diaryl/α,β-unsaturated/α-hetero) is 1. The number of allylic oxidation sites excluding steroid dienone is 3. The van der Waals surface area contributed by atoms with Crippen molar-refractivity contribution in [2.45, 2.75) is 58.7 Å². The lowest BCUT2D eigenvalue weighted by Gasteiger charge is -2.29. The van der Waals surface area contributed by atoms with Gasteiger partial charge in [0.1, 0.15) is 12.0 Å². The van der Waals surface area contributed by atoms with E-state index < -0.39 is 36.0 Å². The van der Waals surface area contributed by atoms with Crippen LogP contribution in [0.25, 0.3) is 0 Å². The van der Waals surface area contributed by atoms with Crippen molar-refractivity contribution in [1.29, 1.82) is 0 Å². The van der Waals surface area contributed by atoms with Crippen molar-refractivity contribution in [3.63, 3.8) is 0 Å². The highest BCUT2D eigenvalue weighted by Gasteiger charge is 2.42. The van der Waals surface area contributed by atoms with Crippen LogP contribution in [-0.2, 0) is 14.3 Å². The van der Waals surface area contributed by atoms with E-state index in [9.17, 15) is 19.8 Å². The summed E-state index contributed by atoms with van der Waals surface area (Å²) in [4.78, 5) is 26.0. The number of carbonyl (C=O) groups is 2. The summed E-state index contributed by atoms with van der Waals surface area (Å²) in [6.45, 7) is 10.6. The number of aliphatic hydroxyl groups is 2. The molecule has 1 aliphatic heterocycles. The second kappa shape index (κ2) is 10.2. The fraction of sp³-hybridized carbons (Fsp3) is 0.619. The summed E-state index contributed by atoms with van der Waals surface area (Å²) in [5, 5.41) is 20.5. The Bertz CT molecular complexity index is 636. The van der Waals surface area contributed by atoms with Crippen LogP contribution in [0.15, 0.2) is 34.8 Å². The topological polar surface area (TPSA) is 83.8 Å². The molecule has 1 aliphatic rings. The van der Waals surface area contributed by atoms with E-state index in [0.29, 0.717) is 12.8 Å². The van der Waals surface area contributed by atoms with E-state index in [1.54, 1.807) is 0 Å². The summed E-state index contributed by atoms with van der Waals surface area (Å²) in [7, 11) is 0. The third kappa shape index (κ3) is 6.33. The molecule has 0 aliphatic carbocycles. The molecule has 0 saturated carbocycles. The summed E-state index contributed by atoms with van der Waals surface area (Å²) in [5.74, 6) is -2.45. The molecule has 4 atom stereocenters. The first-order chi connectivity index (χ1) is 12.6. The second-order valence-electron chi connectivity index (χ2n) is 7.35. The summed E-state index contributed by atoms with van der Waals surface area (Å²) >= 11 is 1.41. The molecule has 0 radical (unpaired) electrons. The van der Waals surface area contributed by atoms with Crippen molar-refractivity contribution in [3.05, 3.63) is 34.8 Å². The van der Waals surface area contributed by atoms with Gasteiger partial charge < -0.3 is 14.9 Å². The van der Waals surface area contributed by atoms with E-state index >= 15 is 0 Å². The van der Waals surface area contributed by atoms with Gasteiger partial charge >= 0.3 is 5.97 Å². The lowest BCUT2D eigenvalue weighted by atomic mass is 9.86.